The van der Waals surface area contributed by atoms with E-state index in [1.165, 1.54) is 0 Å². The molecule has 1 aliphatic rings. The summed E-state index contributed by atoms with van der Waals surface area (Å²) in [6.07, 6.45) is 5.81. The largest absolute Gasteiger partial charge is 0.317 e. The molecule has 1 aliphatic heterocycles. The zero-order valence-corrected chi connectivity index (χ0v) is 12.0. The van der Waals surface area contributed by atoms with Gasteiger partial charge in [0.05, 0.1) is 6.42 Å². The summed E-state index contributed by atoms with van der Waals surface area (Å²) in [5.74, 6) is 1.15. The zero-order valence-electron chi connectivity index (χ0n) is 12.0. The number of nitrogens with zero attached hydrogens (tertiary/aromatic N) is 3. The van der Waals surface area contributed by atoms with E-state index >= 15 is 0 Å². The van der Waals surface area contributed by atoms with Crippen molar-refractivity contribution in [3.63, 3.8) is 0 Å². The monoisotopic (exact) mass is 264 g/mol. The van der Waals surface area contributed by atoms with Crippen LogP contribution in [0.3, 0.4) is 0 Å². The van der Waals surface area contributed by atoms with Crippen LogP contribution >= 0.6 is 0 Å². The third kappa shape index (κ3) is 3.03. The molecular formula is C14H24N4O. The maximum atomic E-state index is 12.7. The van der Waals surface area contributed by atoms with E-state index in [9.17, 15) is 4.79 Å². The summed E-state index contributed by atoms with van der Waals surface area (Å²) in [6, 6.07) is 0. The van der Waals surface area contributed by atoms with Crippen LogP contribution in [-0.4, -0.2) is 33.6 Å². The second-order valence-corrected chi connectivity index (χ2v) is 5.38. The van der Waals surface area contributed by atoms with E-state index in [4.69, 9.17) is 0 Å². The minimum Gasteiger partial charge on any atom is -0.317 e. The number of aryl methyl sites for hydroxylation is 1. The van der Waals surface area contributed by atoms with Crippen molar-refractivity contribution in [1.29, 1.82) is 0 Å². The van der Waals surface area contributed by atoms with Gasteiger partial charge in [0.25, 0.3) is 0 Å². The molecule has 2 rings (SSSR count). The fraction of sp³-hybridized carbons (Fsp3) is 0.786. The number of carbonyl (C=O) groups is 1. The van der Waals surface area contributed by atoms with Crippen LogP contribution in [-0.2, 0) is 17.8 Å². The van der Waals surface area contributed by atoms with Crippen molar-refractivity contribution in [1.82, 2.24) is 20.1 Å². The molecule has 0 aliphatic carbocycles. The SMILES string of the molecule is CCCn1ncnc1CC(=O)C1(CC)CCNCC1. The number of piperidine rings is 1. The first-order valence-corrected chi connectivity index (χ1v) is 7.32. The number of aromatic nitrogens is 3. The lowest BCUT2D eigenvalue weighted by Crippen LogP contribution is -2.42. The highest BCUT2D eigenvalue weighted by Crippen LogP contribution is 2.34. The molecule has 0 radical (unpaired) electrons. The Morgan fingerprint density at radius 1 is 1.42 bits per heavy atom. The molecule has 106 valence electrons. The molecule has 2 heterocycles. The van der Waals surface area contributed by atoms with Crippen LogP contribution in [0.15, 0.2) is 6.33 Å². The smallest absolute Gasteiger partial charge is 0.146 e. The molecule has 1 N–H and O–H groups in total. The Bertz CT molecular complexity index is 421. The average Bonchev–Trinajstić information content (AvgIpc) is 2.87. The van der Waals surface area contributed by atoms with E-state index in [1.54, 1.807) is 6.33 Å². The first-order chi connectivity index (χ1) is 9.22. The number of nitrogens with one attached hydrogen (secondary N) is 1. The summed E-state index contributed by atoms with van der Waals surface area (Å²) in [7, 11) is 0. The Balaban J connectivity index is 2.08. The normalized spacial score (nSPS) is 18.4. The van der Waals surface area contributed by atoms with Gasteiger partial charge in [-0.05, 0) is 38.8 Å². The van der Waals surface area contributed by atoms with Gasteiger partial charge in [-0.3, -0.25) is 4.79 Å². The van der Waals surface area contributed by atoms with Crippen LogP contribution in [0.2, 0.25) is 0 Å². The summed E-state index contributed by atoms with van der Waals surface area (Å²) >= 11 is 0. The third-order valence-electron chi connectivity index (χ3n) is 4.28. The van der Waals surface area contributed by atoms with E-state index in [0.29, 0.717) is 12.2 Å². The van der Waals surface area contributed by atoms with Crippen molar-refractivity contribution in [2.45, 2.75) is 52.5 Å². The lowest BCUT2D eigenvalue weighted by atomic mass is 9.72. The standard InChI is InChI=1S/C14H24N4O/c1-3-9-18-13(16-11-17-18)10-12(19)14(4-2)5-7-15-8-6-14/h11,15H,3-10H2,1-2H3. The Labute approximate surface area is 114 Å². The molecule has 5 heteroatoms. The fourth-order valence-electron chi connectivity index (χ4n) is 2.89. The summed E-state index contributed by atoms with van der Waals surface area (Å²) in [4.78, 5) is 16.9. The van der Waals surface area contributed by atoms with Gasteiger partial charge in [0.15, 0.2) is 0 Å². The zero-order chi connectivity index (χ0) is 13.7. The molecule has 1 aromatic heterocycles. The van der Waals surface area contributed by atoms with Crippen molar-refractivity contribution < 1.29 is 4.79 Å². The highest BCUT2D eigenvalue weighted by molar-refractivity contribution is 5.86. The predicted octanol–water partition coefficient (Wildman–Crippen LogP) is 1.58. The molecule has 0 spiro atoms. The maximum absolute atomic E-state index is 12.7. The Morgan fingerprint density at radius 3 is 2.79 bits per heavy atom. The number of rotatable bonds is 6. The first kappa shape index (κ1) is 14.2. The molecule has 0 atom stereocenters. The summed E-state index contributed by atoms with van der Waals surface area (Å²) in [5.41, 5.74) is -0.145. The number of carbonyl (C=O) groups excluding carboxylic acids is 1. The van der Waals surface area contributed by atoms with E-state index in [1.807, 2.05) is 4.68 Å². The minimum atomic E-state index is -0.145. The lowest BCUT2D eigenvalue weighted by molar-refractivity contribution is -0.130. The molecule has 1 aromatic rings. The molecule has 0 unspecified atom stereocenters. The predicted molar refractivity (Wildman–Crippen MR) is 73.9 cm³/mol. The van der Waals surface area contributed by atoms with Crippen molar-refractivity contribution in [2.24, 2.45) is 5.41 Å². The van der Waals surface area contributed by atoms with Gasteiger partial charge >= 0.3 is 0 Å². The van der Waals surface area contributed by atoms with Gasteiger partial charge in [0.1, 0.15) is 17.9 Å². The minimum absolute atomic E-state index is 0.145. The second-order valence-electron chi connectivity index (χ2n) is 5.38. The Hall–Kier alpha value is -1.23. The van der Waals surface area contributed by atoms with Crippen LogP contribution in [0.25, 0.3) is 0 Å². The van der Waals surface area contributed by atoms with Gasteiger partial charge in [0.2, 0.25) is 0 Å². The van der Waals surface area contributed by atoms with E-state index in [-0.39, 0.29) is 5.41 Å². The molecule has 1 saturated heterocycles. The van der Waals surface area contributed by atoms with Crippen molar-refractivity contribution in [3.8, 4) is 0 Å². The highest BCUT2D eigenvalue weighted by Gasteiger charge is 2.37. The average molecular weight is 264 g/mol. The third-order valence-corrected chi connectivity index (χ3v) is 4.28. The molecule has 0 amide bonds. The van der Waals surface area contributed by atoms with Crippen LogP contribution in [0.1, 0.15) is 45.4 Å². The van der Waals surface area contributed by atoms with E-state index < -0.39 is 0 Å². The van der Waals surface area contributed by atoms with Gasteiger partial charge in [-0.2, -0.15) is 5.10 Å². The van der Waals surface area contributed by atoms with Crippen molar-refractivity contribution in [2.75, 3.05) is 13.1 Å². The van der Waals surface area contributed by atoms with Crippen LogP contribution in [0.4, 0.5) is 0 Å². The summed E-state index contributed by atoms with van der Waals surface area (Å²) < 4.78 is 1.86. The van der Waals surface area contributed by atoms with Gasteiger partial charge in [-0.25, -0.2) is 9.67 Å². The number of hydrogen-bond acceptors (Lipinski definition) is 4. The molecular weight excluding hydrogens is 240 g/mol. The van der Waals surface area contributed by atoms with Crippen molar-refractivity contribution in [3.05, 3.63) is 12.2 Å². The van der Waals surface area contributed by atoms with Crippen LogP contribution in [0.5, 0.6) is 0 Å². The Kier molecular flexibility index (Phi) is 4.69. The van der Waals surface area contributed by atoms with Gasteiger partial charge in [0, 0.05) is 12.0 Å². The van der Waals surface area contributed by atoms with Crippen LogP contribution in [0, 0.1) is 5.41 Å². The molecule has 0 saturated carbocycles. The summed E-state index contributed by atoms with van der Waals surface area (Å²) in [5, 5.41) is 7.53. The number of ketones is 1. The number of Topliss-reactive ketones (excluding diaryl/α,β-unsaturated/α-hetero) is 1. The van der Waals surface area contributed by atoms with Gasteiger partial charge < -0.3 is 5.32 Å². The van der Waals surface area contributed by atoms with E-state index in [2.05, 4.69) is 29.2 Å². The fourth-order valence-corrected chi connectivity index (χ4v) is 2.89. The van der Waals surface area contributed by atoms with Crippen LogP contribution < -0.4 is 5.32 Å². The van der Waals surface area contributed by atoms with E-state index in [0.717, 1.165) is 51.1 Å². The van der Waals surface area contributed by atoms with Gasteiger partial charge in [-0.15, -0.1) is 0 Å². The molecule has 0 aromatic carbocycles. The molecule has 1 fully saturated rings. The highest BCUT2D eigenvalue weighted by atomic mass is 16.1. The van der Waals surface area contributed by atoms with Gasteiger partial charge in [-0.1, -0.05) is 13.8 Å². The maximum Gasteiger partial charge on any atom is 0.146 e. The quantitative estimate of drug-likeness (QED) is 0.847. The second kappa shape index (κ2) is 6.28. The topological polar surface area (TPSA) is 59.8 Å². The molecule has 5 nitrogen and oxygen atoms in total. The molecule has 0 bridgehead atoms. The lowest BCUT2D eigenvalue weighted by Gasteiger charge is -2.35. The number of hydrogen-bond donors (Lipinski definition) is 1. The first-order valence-electron chi connectivity index (χ1n) is 7.32. The summed E-state index contributed by atoms with van der Waals surface area (Å²) in [6.45, 7) is 6.96. The Morgan fingerprint density at radius 2 is 2.16 bits per heavy atom. The molecule has 19 heavy (non-hydrogen) atoms. The van der Waals surface area contributed by atoms with Crippen molar-refractivity contribution >= 4 is 5.78 Å².